The molecule has 5 nitrogen and oxygen atoms in total. The minimum Gasteiger partial charge on any atom is -0.495 e. The van der Waals surface area contributed by atoms with E-state index in [0.29, 0.717) is 21.6 Å². The third-order valence-corrected chi connectivity index (χ3v) is 4.54. The number of amides is 1. The van der Waals surface area contributed by atoms with Crippen molar-refractivity contribution in [3.8, 4) is 5.75 Å². The van der Waals surface area contributed by atoms with Crippen LogP contribution < -0.4 is 15.4 Å². The van der Waals surface area contributed by atoms with Gasteiger partial charge in [0.1, 0.15) is 11.6 Å². The summed E-state index contributed by atoms with van der Waals surface area (Å²) in [7, 11) is 1.50. The number of nitrogens with one attached hydrogen (secondary N) is 2. The number of pyridine rings is 1. The van der Waals surface area contributed by atoms with Crippen LogP contribution in [0.4, 0.5) is 5.82 Å². The fourth-order valence-corrected chi connectivity index (χ4v) is 3.61. The van der Waals surface area contributed by atoms with Crippen LogP contribution in [0.15, 0.2) is 39.4 Å². The molecule has 1 aromatic heterocycles. The van der Waals surface area contributed by atoms with Gasteiger partial charge in [-0.25, -0.2) is 4.98 Å². The van der Waals surface area contributed by atoms with Crippen LogP contribution in [0.5, 0.6) is 5.75 Å². The van der Waals surface area contributed by atoms with Gasteiger partial charge in [-0.3, -0.25) is 10.1 Å². The molecule has 0 radical (unpaired) electrons. The highest BCUT2D eigenvalue weighted by atomic mass is 127. The second kappa shape index (κ2) is 8.36. The Bertz CT molecular complexity index is 756. The van der Waals surface area contributed by atoms with Gasteiger partial charge in [-0.2, -0.15) is 0 Å². The first kappa shape index (κ1) is 18.6. The lowest BCUT2D eigenvalue weighted by Gasteiger charge is -2.13. The van der Waals surface area contributed by atoms with Gasteiger partial charge in [0, 0.05) is 14.2 Å². The zero-order valence-corrected chi connectivity index (χ0v) is 17.8. The topological polar surface area (TPSA) is 63.2 Å². The summed E-state index contributed by atoms with van der Waals surface area (Å²) in [6.45, 7) is 0. The number of ether oxygens (including phenoxy) is 1. The van der Waals surface area contributed by atoms with E-state index in [1.54, 1.807) is 24.4 Å². The van der Waals surface area contributed by atoms with E-state index in [-0.39, 0.29) is 11.0 Å². The second-order valence-corrected chi connectivity index (χ2v) is 7.66. The van der Waals surface area contributed by atoms with Crippen LogP contribution in [0.25, 0.3) is 0 Å². The van der Waals surface area contributed by atoms with E-state index in [4.69, 9.17) is 17.0 Å². The molecule has 0 saturated heterocycles. The lowest BCUT2D eigenvalue weighted by Crippen LogP contribution is -2.34. The summed E-state index contributed by atoms with van der Waals surface area (Å²) in [5.74, 6) is 0.603. The number of hydrogen-bond donors (Lipinski definition) is 2. The monoisotopic (exact) mass is 569 g/mol. The predicted molar refractivity (Wildman–Crippen MR) is 109 cm³/mol. The van der Waals surface area contributed by atoms with E-state index < -0.39 is 0 Å². The number of carbonyl (C=O) groups is 1. The average molecular weight is 571 g/mol. The average Bonchev–Trinajstić information content (AvgIpc) is 2.48. The van der Waals surface area contributed by atoms with Crippen molar-refractivity contribution in [1.82, 2.24) is 10.3 Å². The molecule has 2 rings (SSSR count). The molecule has 23 heavy (non-hydrogen) atoms. The molecule has 0 unspecified atom stereocenters. The molecule has 2 aromatic rings. The van der Waals surface area contributed by atoms with Crippen molar-refractivity contribution < 1.29 is 9.53 Å². The molecule has 1 amide bonds. The fraction of sp³-hybridized carbons (Fsp3) is 0.0714. The number of carbonyl (C=O) groups excluding carboxylic acids is 1. The molecular formula is C14H10Br2IN3O2S. The molecule has 0 aliphatic carbocycles. The van der Waals surface area contributed by atoms with Crippen molar-refractivity contribution in [2.45, 2.75) is 0 Å². The maximum absolute atomic E-state index is 12.4. The Kier molecular flexibility index (Phi) is 6.74. The molecule has 0 aliphatic heterocycles. The summed E-state index contributed by atoms with van der Waals surface area (Å²) in [6, 6.07) is 7.11. The van der Waals surface area contributed by atoms with Crippen LogP contribution >= 0.6 is 66.7 Å². The van der Waals surface area contributed by atoms with E-state index in [1.807, 2.05) is 6.07 Å². The maximum atomic E-state index is 12.4. The predicted octanol–water partition coefficient (Wildman–Crippen LogP) is 4.35. The lowest BCUT2D eigenvalue weighted by atomic mass is 10.2. The van der Waals surface area contributed by atoms with Gasteiger partial charge in [0.15, 0.2) is 5.11 Å². The zero-order valence-electron chi connectivity index (χ0n) is 11.7. The summed E-state index contributed by atoms with van der Waals surface area (Å²) in [5.41, 5.74) is 0.355. The van der Waals surface area contributed by atoms with Gasteiger partial charge in [-0.15, -0.1) is 0 Å². The Morgan fingerprint density at radius 2 is 2.09 bits per heavy atom. The number of aromatic nitrogens is 1. The van der Waals surface area contributed by atoms with E-state index in [0.717, 1.165) is 8.04 Å². The van der Waals surface area contributed by atoms with Crippen molar-refractivity contribution in [3.05, 3.63) is 48.5 Å². The van der Waals surface area contributed by atoms with Crippen molar-refractivity contribution in [3.63, 3.8) is 0 Å². The van der Waals surface area contributed by atoms with Crippen LogP contribution in [0.3, 0.4) is 0 Å². The molecule has 9 heteroatoms. The summed E-state index contributed by atoms with van der Waals surface area (Å²) in [5, 5.41) is 5.62. The summed E-state index contributed by atoms with van der Waals surface area (Å²) < 4.78 is 7.67. The van der Waals surface area contributed by atoms with Crippen molar-refractivity contribution in [2.24, 2.45) is 0 Å². The zero-order chi connectivity index (χ0) is 17.0. The van der Waals surface area contributed by atoms with E-state index in [2.05, 4.69) is 70.1 Å². The minimum absolute atomic E-state index is 0.154. The molecule has 2 N–H and O–H groups in total. The molecule has 0 fully saturated rings. The van der Waals surface area contributed by atoms with Gasteiger partial charge in [0.05, 0.1) is 17.1 Å². The quantitative estimate of drug-likeness (QED) is 0.425. The first-order valence-electron chi connectivity index (χ1n) is 6.17. The first-order chi connectivity index (χ1) is 10.9. The largest absolute Gasteiger partial charge is 0.495 e. The van der Waals surface area contributed by atoms with Crippen LogP contribution in [0, 0.1) is 3.57 Å². The van der Waals surface area contributed by atoms with E-state index in [9.17, 15) is 4.79 Å². The standard InChI is InChI=1S/C14H10Br2IN3O2S/c1-22-12-9(4-7(15)5-10(12)16)13(21)20-14(23)19-11-3-2-8(17)6-18-11/h2-6H,1H3,(H2,18,19,20,21,23). The minimum atomic E-state index is -0.383. The number of thiocarbonyl (C=S) groups is 1. The van der Waals surface area contributed by atoms with Gasteiger partial charge in [0.25, 0.3) is 5.91 Å². The van der Waals surface area contributed by atoms with Gasteiger partial charge >= 0.3 is 0 Å². The van der Waals surface area contributed by atoms with Crippen molar-refractivity contribution in [1.29, 1.82) is 0 Å². The van der Waals surface area contributed by atoms with E-state index >= 15 is 0 Å². The number of methoxy groups -OCH3 is 1. The lowest BCUT2D eigenvalue weighted by molar-refractivity contribution is 0.0974. The number of rotatable bonds is 3. The van der Waals surface area contributed by atoms with Gasteiger partial charge in [-0.05, 0) is 75.0 Å². The molecule has 0 spiro atoms. The van der Waals surface area contributed by atoms with Crippen LogP contribution in [0.2, 0.25) is 0 Å². The van der Waals surface area contributed by atoms with Crippen LogP contribution in [-0.2, 0) is 0 Å². The van der Waals surface area contributed by atoms with Crippen LogP contribution in [-0.4, -0.2) is 23.1 Å². The van der Waals surface area contributed by atoms with Gasteiger partial charge in [0.2, 0.25) is 0 Å². The Morgan fingerprint density at radius 1 is 1.35 bits per heavy atom. The highest BCUT2D eigenvalue weighted by Crippen LogP contribution is 2.32. The Balaban J connectivity index is 2.12. The van der Waals surface area contributed by atoms with Crippen molar-refractivity contribution in [2.75, 3.05) is 12.4 Å². The Morgan fingerprint density at radius 3 is 2.70 bits per heavy atom. The first-order valence-corrected chi connectivity index (χ1v) is 9.25. The smallest absolute Gasteiger partial charge is 0.261 e. The Labute approximate surface area is 169 Å². The summed E-state index contributed by atoms with van der Waals surface area (Å²) >= 11 is 14.0. The number of halogens is 3. The molecule has 1 heterocycles. The number of nitrogens with zero attached hydrogens (tertiary/aromatic N) is 1. The maximum Gasteiger partial charge on any atom is 0.261 e. The molecule has 1 aromatic carbocycles. The third-order valence-electron chi connectivity index (χ3n) is 2.65. The number of benzene rings is 1. The number of anilines is 1. The van der Waals surface area contributed by atoms with E-state index in [1.165, 1.54) is 7.11 Å². The molecule has 0 atom stereocenters. The normalized spacial score (nSPS) is 10.1. The van der Waals surface area contributed by atoms with Crippen LogP contribution in [0.1, 0.15) is 10.4 Å². The highest BCUT2D eigenvalue weighted by Gasteiger charge is 2.17. The SMILES string of the molecule is COc1c(Br)cc(Br)cc1C(=O)NC(=S)Nc1ccc(I)cn1. The number of hydrogen-bond acceptors (Lipinski definition) is 4. The van der Waals surface area contributed by atoms with Gasteiger partial charge < -0.3 is 10.1 Å². The van der Waals surface area contributed by atoms with Crippen molar-refractivity contribution >= 4 is 83.5 Å². The molecular weight excluding hydrogens is 561 g/mol. The highest BCUT2D eigenvalue weighted by molar-refractivity contribution is 14.1. The summed E-state index contributed by atoms with van der Waals surface area (Å²) in [6.07, 6.45) is 1.70. The molecule has 0 aliphatic rings. The molecule has 0 saturated carbocycles. The second-order valence-electron chi connectivity index (χ2n) is 4.24. The fourth-order valence-electron chi connectivity index (χ4n) is 1.70. The van der Waals surface area contributed by atoms with Gasteiger partial charge in [-0.1, -0.05) is 15.9 Å². The molecule has 0 bridgehead atoms. The molecule has 120 valence electrons. The Hall–Kier alpha value is -0.780. The summed E-state index contributed by atoms with van der Waals surface area (Å²) in [4.78, 5) is 16.6. The third kappa shape index (κ3) is 5.10.